The summed E-state index contributed by atoms with van der Waals surface area (Å²) >= 11 is 5.79. The molecule has 1 N–H and O–H groups in total. The molecule has 7 heteroatoms. The lowest BCUT2D eigenvalue weighted by atomic mass is 10.2. The van der Waals surface area contributed by atoms with Gasteiger partial charge < -0.3 is 9.88 Å². The second-order valence-corrected chi connectivity index (χ2v) is 5.05. The molecule has 0 aliphatic heterocycles. The number of nitrogens with zero attached hydrogens (tertiary/aromatic N) is 1. The van der Waals surface area contributed by atoms with Crippen LogP contribution < -0.4 is 10.9 Å². The van der Waals surface area contributed by atoms with Gasteiger partial charge in [-0.25, -0.2) is 8.78 Å². The largest absolute Gasteiger partial charge is 0.352 e. The third-order valence-electron chi connectivity index (χ3n) is 2.99. The monoisotopic (exact) mass is 326 g/mol. The Morgan fingerprint density at radius 2 is 1.95 bits per heavy atom. The molecule has 0 aliphatic carbocycles. The van der Waals surface area contributed by atoms with Gasteiger partial charge in [0.1, 0.15) is 0 Å². The van der Waals surface area contributed by atoms with Crippen LogP contribution in [0, 0.1) is 11.6 Å². The lowest BCUT2D eigenvalue weighted by molar-refractivity contribution is 0.0952. The van der Waals surface area contributed by atoms with Crippen LogP contribution in [0.5, 0.6) is 0 Å². The van der Waals surface area contributed by atoms with E-state index in [2.05, 4.69) is 5.32 Å². The average Bonchev–Trinajstić information content (AvgIpc) is 2.49. The van der Waals surface area contributed by atoms with Crippen molar-refractivity contribution in [2.45, 2.75) is 13.0 Å². The van der Waals surface area contributed by atoms with Crippen molar-refractivity contribution in [3.8, 4) is 0 Å². The van der Waals surface area contributed by atoms with Gasteiger partial charge in [0.2, 0.25) is 0 Å². The van der Waals surface area contributed by atoms with Crippen molar-refractivity contribution < 1.29 is 13.6 Å². The number of carbonyl (C=O) groups is 1. The SMILES string of the molecule is O=C(NCCCn1cc(Cl)ccc1=O)c1ccc(F)c(F)c1. The van der Waals surface area contributed by atoms with Crippen LogP contribution in [0.4, 0.5) is 8.78 Å². The molecule has 2 rings (SSSR count). The molecule has 1 aromatic carbocycles. The number of hydrogen-bond acceptors (Lipinski definition) is 2. The van der Waals surface area contributed by atoms with E-state index >= 15 is 0 Å². The minimum absolute atomic E-state index is 0.0406. The molecular formula is C15H13ClF2N2O2. The molecule has 0 saturated heterocycles. The fourth-order valence-corrected chi connectivity index (χ4v) is 2.05. The molecule has 0 atom stereocenters. The number of amides is 1. The fraction of sp³-hybridized carbons (Fsp3) is 0.200. The Morgan fingerprint density at radius 3 is 2.68 bits per heavy atom. The van der Waals surface area contributed by atoms with E-state index in [-0.39, 0.29) is 17.7 Å². The number of nitrogens with one attached hydrogen (secondary N) is 1. The molecule has 0 fully saturated rings. The zero-order valence-corrected chi connectivity index (χ0v) is 12.2. The maximum absolute atomic E-state index is 13.0. The van der Waals surface area contributed by atoms with Crippen LogP contribution in [0.1, 0.15) is 16.8 Å². The highest BCUT2D eigenvalue weighted by molar-refractivity contribution is 6.30. The predicted octanol–water partition coefficient (Wildman–Crippen LogP) is 2.60. The van der Waals surface area contributed by atoms with Gasteiger partial charge in [-0.05, 0) is 30.7 Å². The van der Waals surface area contributed by atoms with Crippen LogP contribution in [-0.4, -0.2) is 17.0 Å². The van der Waals surface area contributed by atoms with Crippen LogP contribution in [0.2, 0.25) is 5.02 Å². The van der Waals surface area contributed by atoms with Crippen LogP contribution in [0.15, 0.2) is 41.3 Å². The Bertz CT molecular complexity index is 747. The summed E-state index contributed by atoms with van der Waals surface area (Å²) in [5.74, 6) is -2.58. The minimum atomic E-state index is -1.07. The summed E-state index contributed by atoms with van der Waals surface area (Å²) in [6.07, 6.45) is 2.01. The normalized spacial score (nSPS) is 10.5. The van der Waals surface area contributed by atoms with E-state index in [4.69, 9.17) is 11.6 Å². The minimum Gasteiger partial charge on any atom is -0.352 e. The van der Waals surface area contributed by atoms with E-state index in [9.17, 15) is 18.4 Å². The zero-order chi connectivity index (χ0) is 16.1. The second-order valence-electron chi connectivity index (χ2n) is 4.62. The van der Waals surface area contributed by atoms with Gasteiger partial charge in [-0.15, -0.1) is 0 Å². The van der Waals surface area contributed by atoms with Gasteiger partial charge in [0.15, 0.2) is 11.6 Å². The molecule has 0 bridgehead atoms. The molecule has 0 unspecified atom stereocenters. The molecule has 22 heavy (non-hydrogen) atoms. The highest BCUT2D eigenvalue weighted by atomic mass is 35.5. The molecule has 1 heterocycles. The van der Waals surface area contributed by atoms with Crippen LogP contribution in [-0.2, 0) is 6.54 Å². The molecule has 0 spiro atoms. The number of carbonyl (C=O) groups excluding carboxylic acids is 1. The number of aromatic nitrogens is 1. The summed E-state index contributed by atoms with van der Waals surface area (Å²) in [6, 6.07) is 5.81. The van der Waals surface area contributed by atoms with E-state index in [1.54, 1.807) is 0 Å². The first kappa shape index (κ1) is 16.2. The van der Waals surface area contributed by atoms with Gasteiger partial charge >= 0.3 is 0 Å². The number of benzene rings is 1. The molecule has 116 valence electrons. The fourth-order valence-electron chi connectivity index (χ4n) is 1.87. The summed E-state index contributed by atoms with van der Waals surface area (Å²) < 4.78 is 27.2. The topological polar surface area (TPSA) is 51.1 Å². The van der Waals surface area contributed by atoms with E-state index in [1.165, 1.54) is 29.0 Å². The van der Waals surface area contributed by atoms with Crippen molar-refractivity contribution in [2.75, 3.05) is 6.54 Å². The van der Waals surface area contributed by atoms with E-state index in [1.807, 2.05) is 0 Å². The Hall–Kier alpha value is -2.21. The Balaban J connectivity index is 1.85. The van der Waals surface area contributed by atoms with Crippen molar-refractivity contribution in [1.82, 2.24) is 9.88 Å². The van der Waals surface area contributed by atoms with Crippen LogP contribution >= 0.6 is 11.6 Å². The van der Waals surface area contributed by atoms with Gasteiger partial charge in [0, 0.05) is 30.9 Å². The molecule has 0 aliphatic rings. The van der Waals surface area contributed by atoms with Gasteiger partial charge in [0.05, 0.1) is 5.02 Å². The highest BCUT2D eigenvalue weighted by Crippen LogP contribution is 2.08. The van der Waals surface area contributed by atoms with Crippen molar-refractivity contribution in [3.63, 3.8) is 0 Å². The van der Waals surface area contributed by atoms with Crippen LogP contribution in [0.3, 0.4) is 0 Å². The molecule has 1 aromatic heterocycles. The first-order chi connectivity index (χ1) is 10.5. The third-order valence-corrected chi connectivity index (χ3v) is 3.21. The third kappa shape index (κ3) is 4.14. The Kier molecular flexibility index (Phi) is 5.27. The summed E-state index contributed by atoms with van der Waals surface area (Å²) in [5, 5.41) is 3.02. The smallest absolute Gasteiger partial charge is 0.251 e. The molecule has 0 radical (unpaired) electrons. The lowest BCUT2D eigenvalue weighted by Crippen LogP contribution is -2.27. The quantitative estimate of drug-likeness (QED) is 0.859. The van der Waals surface area contributed by atoms with Gasteiger partial charge in [-0.2, -0.15) is 0 Å². The Morgan fingerprint density at radius 1 is 1.18 bits per heavy atom. The van der Waals surface area contributed by atoms with Crippen molar-refractivity contribution in [3.05, 3.63) is 69.1 Å². The highest BCUT2D eigenvalue weighted by Gasteiger charge is 2.09. The number of rotatable bonds is 5. The number of aryl methyl sites for hydroxylation is 1. The predicted molar refractivity (Wildman–Crippen MR) is 79.0 cm³/mol. The van der Waals surface area contributed by atoms with Crippen LogP contribution in [0.25, 0.3) is 0 Å². The summed E-state index contributed by atoms with van der Waals surface area (Å²) in [5.41, 5.74) is -0.143. The number of hydrogen-bond donors (Lipinski definition) is 1. The second kappa shape index (κ2) is 7.17. The number of pyridine rings is 1. The molecular weight excluding hydrogens is 314 g/mol. The van der Waals surface area contributed by atoms with Crippen molar-refractivity contribution in [1.29, 1.82) is 0 Å². The maximum Gasteiger partial charge on any atom is 0.251 e. The van der Waals surface area contributed by atoms with Gasteiger partial charge in [0.25, 0.3) is 11.5 Å². The summed E-state index contributed by atoms with van der Waals surface area (Å²) in [6.45, 7) is 0.675. The van der Waals surface area contributed by atoms with Gasteiger partial charge in [-0.3, -0.25) is 9.59 Å². The van der Waals surface area contributed by atoms with Crippen molar-refractivity contribution in [2.24, 2.45) is 0 Å². The number of halogens is 3. The average molecular weight is 327 g/mol. The molecule has 0 saturated carbocycles. The molecule has 1 amide bonds. The summed E-state index contributed by atoms with van der Waals surface area (Å²) in [7, 11) is 0. The Labute approximate surface area is 130 Å². The molecule has 2 aromatic rings. The first-order valence-corrected chi connectivity index (χ1v) is 6.94. The van der Waals surface area contributed by atoms with E-state index in [0.29, 0.717) is 18.0 Å². The standard InChI is InChI=1S/C15H13ClF2N2O2/c16-11-3-5-14(21)20(9-11)7-1-6-19-15(22)10-2-4-12(17)13(18)8-10/h2-5,8-9H,1,6-7H2,(H,19,22). The maximum atomic E-state index is 13.0. The lowest BCUT2D eigenvalue weighted by Gasteiger charge is -2.08. The van der Waals surface area contributed by atoms with Crippen molar-refractivity contribution >= 4 is 17.5 Å². The first-order valence-electron chi connectivity index (χ1n) is 6.56. The molecule has 4 nitrogen and oxygen atoms in total. The zero-order valence-electron chi connectivity index (χ0n) is 11.5. The summed E-state index contributed by atoms with van der Waals surface area (Å²) in [4.78, 5) is 23.3. The van der Waals surface area contributed by atoms with E-state index in [0.717, 1.165) is 12.1 Å². The van der Waals surface area contributed by atoms with Gasteiger partial charge in [-0.1, -0.05) is 11.6 Å². The van der Waals surface area contributed by atoms with E-state index < -0.39 is 17.5 Å².